The zero-order valence-corrected chi connectivity index (χ0v) is 14.9. The summed E-state index contributed by atoms with van der Waals surface area (Å²) in [5.74, 6) is 0.996. The Morgan fingerprint density at radius 1 is 1.20 bits per heavy atom. The standard InChI is InChI=1S/C17H26AsO2/c1-11(2)18-13(4)16(19)10-20-17-9-8-12(3)14-6-5-7-15(14)17/h8-9,11,13,16,19H,5-7,10H2,1-4H3. The second-order valence-corrected chi connectivity index (χ2v) is 10.6. The summed E-state index contributed by atoms with van der Waals surface area (Å²) in [7, 11) is 0. The molecule has 1 aromatic carbocycles. The summed E-state index contributed by atoms with van der Waals surface area (Å²) < 4.78 is 7.02. The zero-order chi connectivity index (χ0) is 14.7. The van der Waals surface area contributed by atoms with Gasteiger partial charge in [-0.15, -0.1) is 0 Å². The van der Waals surface area contributed by atoms with Crippen LogP contribution in [0, 0.1) is 6.92 Å². The van der Waals surface area contributed by atoms with E-state index in [1.54, 1.807) is 0 Å². The van der Waals surface area contributed by atoms with Crippen LogP contribution in [-0.4, -0.2) is 33.6 Å². The molecule has 2 atom stereocenters. The Morgan fingerprint density at radius 3 is 2.60 bits per heavy atom. The minimum absolute atomic E-state index is 0.186. The molecule has 1 aliphatic rings. The predicted molar refractivity (Wildman–Crippen MR) is 85.0 cm³/mol. The van der Waals surface area contributed by atoms with Gasteiger partial charge in [0.1, 0.15) is 0 Å². The molecule has 20 heavy (non-hydrogen) atoms. The van der Waals surface area contributed by atoms with Crippen molar-refractivity contribution in [3.8, 4) is 5.75 Å². The van der Waals surface area contributed by atoms with Crippen LogP contribution in [0.3, 0.4) is 0 Å². The third-order valence-corrected chi connectivity index (χ3v) is 6.94. The fraction of sp³-hybridized carbons (Fsp3) is 0.647. The molecule has 2 nitrogen and oxygen atoms in total. The van der Waals surface area contributed by atoms with Crippen molar-refractivity contribution in [2.45, 2.75) is 62.5 Å². The second kappa shape index (κ2) is 7.00. The van der Waals surface area contributed by atoms with Gasteiger partial charge in [0.25, 0.3) is 0 Å². The first-order chi connectivity index (χ1) is 9.49. The van der Waals surface area contributed by atoms with Crippen LogP contribution in [0.5, 0.6) is 5.75 Å². The molecule has 1 aliphatic carbocycles. The van der Waals surface area contributed by atoms with Crippen molar-refractivity contribution >= 4 is 15.8 Å². The van der Waals surface area contributed by atoms with Crippen LogP contribution in [0.1, 0.15) is 43.9 Å². The van der Waals surface area contributed by atoms with Gasteiger partial charge in [-0.3, -0.25) is 0 Å². The summed E-state index contributed by atoms with van der Waals surface area (Å²) in [5, 5.41) is 10.2. The number of aryl methyl sites for hydroxylation is 1. The first kappa shape index (κ1) is 15.9. The van der Waals surface area contributed by atoms with Gasteiger partial charge < -0.3 is 0 Å². The number of hydrogen-bond donors (Lipinski definition) is 1. The molecule has 0 fully saturated rings. The molecule has 0 heterocycles. The van der Waals surface area contributed by atoms with E-state index in [9.17, 15) is 5.11 Å². The number of ether oxygens (including phenoxy) is 1. The molecule has 0 saturated heterocycles. The monoisotopic (exact) mass is 337 g/mol. The molecule has 0 aliphatic heterocycles. The number of rotatable bonds is 6. The van der Waals surface area contributed by atoms with Gasteiger partial charge in [-0.25, -0.2) is 0 Å². The van der Waals surface area contributed by atoms with Crippen LogP contribution in [0.2, 0.25) is 9.41 Å². The van der Waals surface area contributed by atoms with Crippen molar-refractivity contribution in [1.82, 2.24) is 0 Å². The maximum atomic E-state index is 10.2. The third-order valence-electron chi connectivity index (χ3n) is 3.98. The van der Waals surface area contributed by atoms with Gasteiger partial charge in [0.15, 0.2) is 0 Å². The molecule has 0 aromatic heterocycles. The van der Waals surface area contributed by atoms with Crippen molar-refractivity contribution in [1.29, 1.82) is 0 Å². The summed E-state index contributed by atoms with van der Waals surface area (Å²) >= 11 is 0.186. The van der Waals surface area contributed by atoms with Gasteiger partial charge in [-0.1, -0.05) is 0 Å². The Kier molecular flexibility index (Phi) is 5.57. The molecule has 1 N–H and O–H groups in total. The van der Waals surface area contributed by atoms with Gasteiger partial charge in [0.2, 0.25) is 0 Å². The number of aliphatic hydroxyl groups excluding tert-OH is 1. The maximum absolute atomic E-state index is 10.2. The molecule has 2 unspecified atom stereocenters. The van der Waals surface area contributed by atoms with E-state index in [1.165, 1.54) is 29.5 Å². The van der Waals surface area contributed by atoms with E-state index in [0.717, 1.165) is 12.2 Å². The van der Waals surface area contributed by atoms with Crippen LogP contribution < -0.4 is 4.74 Å². The molecule has 0 saturated carbocycles. The second-order valence-electron chi connectivity index (χ2n) is 6.05. The third kappa shape index (κ3) is 3.80. The van der Waals surface area contributed by atoms with E-state index in [2.05, 4.69) is 39.8 Å². The van der Waals surface area contributed by atoms with Crippen LogP contribution in [0.25, 0.3) is 0 Å². The topological polar surface area (TPSA) is 29.5 Å². The molecule has 1 radical (unpaired) electrons. The first-order valence-corrected chi connectivity index (χ1v) is 9.78. The van der Waals surface area contributed by atoms with Crippen LogP contribution in [0.15, 0.2) is 12.1 Å². The fourth-order valence-electron chi connectivity index (χ4n) is 2.87. The SMILES string of the molecule is Cc1ccc(OCC(O)C(C)[As]C(C)C)c2c1CCC2. The number of benzene rings is 1. The molecular weight excluding hydrogens is 311 g/mol. The molecule has 1 aromatic rings. The Balaban J connectivity index is 1.96. The van der Waals surface area contributed by atoms with Gasteiger partial charge in [0, 0.05) is 0 Å². The van der Waals surface area contributed by atoms with E-state index in [4.69, 9.17) is 4.74 Å². The predicted octanol–water partition coefficient (Wildman–Crippen LogP) is 3.56. The van der Waals surface area contributed by atoms with E-state index in [1.807, 2.05) is 0 Å². The van der Waals surface area contributed by atoms with Gasteiger partial charge >= 0.3 is 129 Å². The molecule has 0 amide bonds. The van der Waals surface area contributed by atoms with Crippen LogP contribution in [-0.2, 0) is 12.8 Å². The fourth-order valence-corrected chi connectivity index (χ4v) is 5.44. The zero-order valence-electron chi connectivity index (χ0n) is 13.0. The molecule has 0 bridgehead atoms. The van der Waals surface area contributed by atoms with Gasteiger partial charge in [0.05, 0.1) is 0 Å². The van der Waals surface area contributed by atoms with Crippen molar-refractivity contribution in [3.05, 3.63) is 28.8 Å². The van der Waals surface area contributed by atoms with Crippen LogP contribution in [0.4, 0.5) is 0 Å². The van der Waals surface area contributed by atoms with Crippen molar-refractivity contribution in [2.75, 3.05) is 6.61 Å². The number of hydrogen-bond acceptors (Lipinski definition) is 2. The normalized spacial score (nSPS) is 17.7. The average Bonchev–Trinajstić information content (AvgIpc) is 2.87. The van der Waals surface area contributed by atoms with Crippen molar-refractivity contribution in [3.63, 3.8) is 0 Å². The van der Waals surface area contributed by atoms with Crippen molar-refractivity contribution < 1.29 is 9.84 Å². The summed E-state index contributed by atoms with van der Waals surface area (Å²) in [6, 6.07) is 4.22. The molecule has 3 heteroatoms. The number of aliphatic hydroxyl groups is 1. The van der Waals surface area contributed by atoms with E-state index in [0.29, 0.717) is 16.0 Å². The first-order valence-electron chi connectivity index (χ1n) is 7.61. The Hall–Kier alpha value is -0.462. The minimum atomic E-state index is -0.337. The van der Waals surface area contributed by atoms with Crippen LogP contribution >= 0.6 is 0 Å². The molecule has 111 valence electrons. The Morgan fingerprint density at radius 2 is 1.90 bits per heavy atom. The Bertz CT molecular complexity index is 457. The average molecular weight is 337 g/mol. The van der Waals surface area contributed by atoms with Crippen molar-refractivity contribution in [2.24, 2.45) is 0 Å². The summed E-state index contributed by atoms with van der Waals surface area (Å²) in [5.41, 5.74) is 4.23. The number of fused-ring (bicyclic) bond motifs is 1. The van der Waals surface area contributed by atoms with Gasteiger partial charge in [-0.2, -0.15) is 0 Å². The summed E-state index contributed by atoms with van der Waals surface area (Å²) in [6.07, 6.45) is 3.19. The molecule has 0 spiro atoms. The summed E-state index contributed by atoms with van der Waals surface area (Å²) in [4.78, 5) is 0. The van der Waals surface area contributed by atoms with E-state index < -0.39 is 0 Å². The van der Waals surface area contributed by atoms with E-state index >= 15 is 0 Å². The Labute approximate surface area is 129 Å². The van der Waals surface area contributed by atoms with E-state index in [-0.39, 0.29) is 21.9 Å². The molecule has 2 rings (SSSR count). The van der Waals surface area contributed by atoms with Gasteiger partial charge in [-0.05, 0) is 0 Å². The molecular formula is C17H26AsO2. The quantitative estimate of drug-likeness (QED) is 0.804. The summed E-state index contributed by atoms with van der Waals surface area (Å²) in [6.45, 7) is 9.22.